The second-order valence-corrected chi connectivity index (χ2v) is 7.18. The fourth-order valence-corrected chi connectivity index (χ4v) is 4.41. The summed E-state index contributed by atoms with van der Waals surface area (Å²) >= 11 is 0. The number of nitrogens with two attached hydrogens (primary N) is 2. The third-order valence-electron chi connectivity index (χ3n) is 2.55. The summed E-state index contributed by atoms with van der Waals surface area (Å²) in [5, 5.41) is 0. The van der Waals surface area contributed by atoms with Crippen LogP contribution in [0.4, 0.5) is 0 Å². The van der Waals surface area contributed by atoms with Crippen LogP contribution >= 0.6 is 0 Å². The van der Waals surface area contributed by atoms with Crippen molar-refractivity contribution < 1.29 is 8.85 Å². The van der Waals surface area contributed by atoms with Crippen LogP contribution in [0, 0.1) is 0 Å². The highest BCUT2D eigenvalue weighted by molar-refractivity contribution is 6.68. The van der Waals surface area contributed by atoms with Crippen molar-refractivity contribution in [2.24, 2.45) is 11.5 Å². The highest BCUT2D eigenvalue weighted by Crippen LogP contribution is 2.28. The molecule has 13 heavy (non-hydrogen) atoms. The maximum Gasteiger partial charge on any atom is 0.340 e. The number of hydrogen-bond acceptors (Lipinski definition) is 4. The average Bonchev–Trinajstić information content (AvgIpc) is 2.02. The molecule has 0 aliphatic carbocycles. The Kier molecular flexibility index (Phi) is 5.09. The van der Waals surface area contributed by atoms with Crippen LogP contribution in [-0.4, -0.2) is 34.9 Å². The predicted octanol–water partition coefficient (Wildman–Crippen LogP) is 0.416. The first-order valence-corrected chi connectivity index (χ1v) is 6.90. The third kappa shape index (κ3) is 3.03. The van der Waals surface area contributed by atoms with Crippen molar-refractivity contribution >= 4 is 8.56 Å². The molecule has 4 N–H and O–H groups in total. The van der Waals surface area contributed by atoms with Crippen molar-refractivity contribution in [3.05, 3.63) is 0 Å². The van der Waals surface area contributed by atoms with Gasteiger partial charge in [0.05, 0.1) is 0 Å². The Bertz CT molecular complexity index is 141. The minimum atomic E-state index is -2.20. The Balaban J connectivity index is 4.69. The molecule has 0 saturated carbocycles. The molecule has 0 spiro atoms. The van der Waals surface area contributed by atoms with Gasteiger partial charge in [-0.15, -0.1) is 0 Å². The van der Waals surface area contributed by atoms with E-state index in [0.717, 1.165) is 0 Å². The van der Waals surface area contributed by atoms with Crippen molar-refractivity contribution in [1.82, 2.24) is 0 Å². The van der Waals surface area contributed by atoms with Gasteiger partial charge in [-0.2, -0.15) is 0 Å². The molecule has 0 bridgehead atoms. The highest BCUT2D eigenvalue weighted by Gasteiger charge is 2.43. The first-order chi connectivity index (χ1) is 5.89. The first kappa shape index (κ1) is 13.1. The van der Waals surface area contributed by atoms with Gasteiger partial charge in [-0.05, 0) is 20.4 Å². The van der Waals surface area contributed by atoms with E-state index >= 15 is 0 Å². The summed E-state index contributed by atoms with van der Waals surface area (Å²) in [6.07, 6.45) is 0. The zero-order chi connectivity index (χ0) is 10.6. The maximum atomic E-state index is 5.87. The Morgan fingerprint density at radius 2 is 1.31 bits per heavy atom. The summed E-state index contributed by atoms with van der Waals surface area (Å²) in [4.78, 5) is 0. The Morgan fingerprint density at radius 1 is 1.00 bits per heavy atom. The molecule has 0 aromatic carbocycles. The van der Waals surface area contributed by atoms with Gasteiger partial charge in [0.15, 0.2) is 0 Å². The van der Waals surface area contributed by atoms with Crippen molar-refractivity contribution in [3.63, 3.8) is 0 Å². The smallest absolute Gasteiger partial charge is 0.340 e. The molecule has 0 radical (unpaired) electrons. The third-order valence-corrected chi connectivity index (χ3v) is 6.43. The van der Waals surface area contributed by atoms with Gasteiger partial charge in [-0.3, -0.25) is 0 Å². The van der Waals surface area contributed by atoms with Gasteiger partial charge in [0.25, 0.3) is 0 Å². The minimum Gasteiger partial charge on any atom is -0.398 e. The summed E-state index contributed by atoms with van der Waals surface area (Å²) in [5.74, 6) is 0. The second kappa shape index (κ2) is 5.07. The Labute approximate surface area is 81.8 Å². The van der Waals surface area contributed by atoms with Crippen molar-refractivity contribution in [2.45, 2.75) is 38.0 Å². The van der Waals surface area contributed by atoms with Gasteiger partial charge in [0.1, 0.15) is 0 Å². The first-order valence-electron chi connectivity index (χ1n) is 4.50. The number of rotatable bonds is 5. The van der Waals surface area contributed by atoms with Crippen molar-refractivity contribution in [3.8, 4) is 0 Å². The van der Waals surface area contributed by atoms with Crippen LogP contribution in [0.1, 0.15) is 13.8 Å². The molecule has 0 aliphatic rings. The lowest BCUT2D eigenvalue weighted by Gasteiger charge is -2.36. The predicted molar refractivity (Wildman–Crippen MR) is 56.7 cm³/mol. The fourth-order valence-electron chi connectivity index (χ4n) is 1.79. The van der Waals surface area contributed by atoms with Crippen LogP contribution < -0.4 is 11.5 Å². The van der Waals surface area contributed by atoms with E-state index in [1.165, 1.54) is 0 Å². The highest BCUT2D eigenvalue weighted by atomic mass is 28.4. The van der Waals surface area contributed by atoms with E-state index in [4.69, 9.17) is 20.3 Å². The summed E-state index contributed by atoms with van der Waals surface area (Å²) in [5.41, 5.74) is 11.9. The van der Waals surface area contributed by atoms with Crippen LogP contribution in [0.2, 0.25) is 12.1 Å². The van der Waals surface area contributed by atoms with Crippen LogP contribution in [0.15, 0.2) is 0 Å². The average molecular weight is 206 g/mol. The van der Waals surface area contributed by atoms with Gasteiger partial charge in [-0.25, -0.2) is 0 Å². The molecule has 0 rings (SSSR count). The topological polar surface area (TPSA) is 70.5 Å². The molecule has 4 nitrogen and oxygen atoms in total. The molecule has 0 amide bonds. The molecule has 5 heteroatoms. The van der Waals surface area contributed by atoms with E-state index in [0.29, 0.717) is 0 Å². The van der Waals surface area contributed by atoms with Crippen molar-refractivity contribution in [1.29, 1.82) is 0 Å². The molecule has 0 fully saturated rings. The molecule has 2 atom stereocenters. The van der Waals surface area contributed by atoms with E-state index in [2.05, 4.69) is 0 Å². The summed E-state index contributed by atoms with van der Waals surface area (Å²) < 4.78 is 10.9. The second-order valence-electron chi connectivity index (χ2n) is 3.67. The quantitative estimate of drug-likeness (QED) is 0.639. The Hall–Kier alpha value is 0.0569. The molecule has 0 aromatic heterocycles. The van der Waals surface area contributed by atoms with Crippen LogP contribution in [0.25, 0.3) is 0 Å². The lowest BCUT2D eigenvalue weighted by Crippen LogP contribution is -2.54. The molecular weight excluding hydrogens is 184 g/mol. The lowest BCUT2D eigenvalue weighted by atomic mass is 10.1. The van der Waals surface area contributed by atoms with Gasteiger partial charge < -0.3 is 20.3 Å². The van der Waals surface area contributed by atoms with Crippen LogP contribution in [0.3, 0.4) is 0 Å². The van der Waals surface area contributed by atoms with Gasteiger partial charge in [0.2, 0.25) is 0 Å². The molecule has 0 heterocycles. The summed E-state index contributed by atoms with van der Waals surface area (Å²) in [7, 11) is 1.12. The van der Waals surface area contributed by atoms with Gasteiger partial charge >= 0.3 is 8.56 Å². The molecule has 80 valence electrons. The van der Waals surface area contributed by atoms with E-state index < -0.39 is 8.56 Å². The summed E-state index contributed by atoms with van der Waals surface area (Å²) in [6.45, 7) is 5.87. The van der Waals surface area contributed by atoms with Gasteiger partial charge in [0, 0.05) is 31.8 Å². The molecule has 0 aliphatic heterocycles. The van der Waals surface area contributed by atoms with Gasteiger partial charge in [-0.1, -0.05) is 0 Å². The summed E-state index contributed by atoms with van der Waals surface area (Å²) in [6, 6.07) is -0.00636. The van der Waals surface area contributed by atoms with Crippen LogP contribution in [0.5, 0.6) is 0 Å². The monoisotopic (exact) mass is 206 g/mol. The zero-order valence-corrected chi connectivity index (χ0v) is 10.2. The minimum absolute atomic E-state index is 0.00318. The Morgan fingerprint density at radius 3 is 1.38 bits per heavy atom. The van der Waals surface area contributed by atoms with Crippen LogP contribution in [-0.2, 0) is 8.85 Å². The molecule has 0 aromatic rings. The number of hydrogen-bond donors (Lipinski definition) is 2. The molecule has 0 saturated heterocycles. The van der Waals surface area contributed by atoms with Crippen molar-refractivity contribution in [2.75, 3.05) is 14.2 Å². The SMILES string of the molecule is CO[Si](C)(OC)C(C(C)N)C(C)N. The molecule has 2 unspecified atom stereocenters. The zero-order valence-electron chi connectivity index (χ0n) is 9.20. The van der Waals surface area contributed by atoms with E-state index in [-0.39, 0.29) is 17.6 Å². The fraction of sp³-hybridized carbons (Fsp3) is 1.00. The normalized spacial score (nSPS) is 19.6. The van der Waals surface area contributed by atoms with E-state index in [1.54, 1.807) is 14.2 Å². The largest absolute Gasteiger partial charge is 0.398 e. The standard InChI is InChI=1S/C8H22N2O2Si/c1-6(9)8(7(2)10)13(5,11-3)12-4/h6-8H,9-10H2,1-5H3. The molecular formula is C8H22N2O2Si. The maximum absolute atomic E-state index is 5.87. The van der Waals surface area contributed by atoms with E-state index in [1.807, 2.05) is 20.4 Å². The van der Waals surface area contributed by atoms with E-state index in [9.17, 15) is 0 Å². The lowest BCUT2D eigenvalue weighted by molar-refractivity contribution is 0.225.